The molecule has 0 aliphatic heterocycles. The Kier molecular flexibility index (Phi) is 9.61. The van der Waals surface area contributed by atoms with Crippen LogP contribution in [0.25, 0.3) is 0 Å². The van der Waals surface area contributed by atoms with Crippen molar-refractivity contribution < 1.29 is 14.3 Å². The first-order chi connectivity index (χ1) is 17.8. The topological polar surface area (TPSA) is 58.6 Å². The quantitative estimate of drug-likeness (QED) is 0.338. The predicted molar refractivity (Wildman–Crippen MR) is 154 cm³/mol. The SMILES string of the molecule is CC(C)(C)NC(=O)C(Cc1ccccc1)N(Cc1ccc(Cl)cc1)C(=O)COc1ccccc1C(C)(C)C. The Morgan fingerprint density at radius 1 is 0.842 bits per heavy atom. The van der Waals surface area contributed by atoms with Crippen LogP contribution in [0.3, 0.4) is 0 Å². The van der Waals surface area contributed by atoms with Gasteiger partial charge in [0, 0.05) is 23.5 Å². The van der Waals surface area contributed by atoms with Gasteiger partial charge in [0.1, 0.15) is 11.8 Å². The number of carbonyl (C=O) groups excluding carboxylic acids is 2. The molecular weight excluding hydrogens is 496 g/mol. The Hall–Kier alpha value is -3.31. The molecule has 5 nitrogen and oxygen atoms in total. The predicted octanol–water partition coefficient (Wildman–Crippen LogP) is 6.57. The summed E-state index contributed by atoms with van der Waals surface area (Å²) in [5.74, 6) is 0.186. The molecule has 0 aromatic heterocycles. The van der Waals surface area contributed by atoms with Gasteiger partial charge in [0.2, 0.25) is 5.91 Å². The zero-order valence-electron chi connectivity index (χ0n) is 23.3. The number of benzene rings is 3. The second kappa shape index (κ2) is 12.5. The summed E-state index contributed by atoms with van der Waals surface area (Å²) in [6.45, 7) is 12.2. The Bertz CT molecular complexity index is 1210. The molecule has 0 spiro atoms. The minimum atomic E-state index is -0.735. The maximum Gasteiger partial charge on any atom is 0.261 e. The van der Waals surface area contributed by atoms with Gasteiger partial charge < -0.3 is 15.0 Å². The first-order valence-electron chi connectivity index (χ1n) is 13.0. The average molecular weight is 535 g/mol. The number of halogens is 1. The molecule has 3 rings (SSSR count). The molecule has 3 aromatic carbocycles. The van der Waals surface area contributed by atoms with E-state index in [1.807, 2.05) is 87.5 Å². The second-order valence-electron chi connectivity index (χ2n) is 11.6. The van der Waals surface area contributed by atoms with E-state index in [0.717, 1.165) is 16.7 Å². The van der Waals surface area contributed by atoms with Crippen molar-refractivity contribution in [2.24, 2.45) is 0 Å². The van der Waals surface area contributed by atoms with Crippen LogP contribution in [-0.4, -0.2) is 34.9 Å². The van der Waals surface area contributed by atoms with E-state index in [4.69, 9.17) is 16.3 Å². The van der Waals surface area contributed by atoms with Crippen LogP contribution in [0.4, 0.5) is 0 Å². The van der Waals surface area contributed by atoms with Crippen molar-refractivity contribution in [3.05, 3.63) is 101 Å². The van der Waals surface area contributed by atoms with Crippen LogP contribution in [-0.2, 0) is 28.0 Å². The summed E-state index contributed by atoms with van der Waals surface area (Å²) in [5, 5.41) is 3.69. The summed E-state index contributed by atoms with van der Waals surface area (Å²) in [6.07, 6.45) is 0.376. The van der Waals surface area contributed by atoms with Crippen LogP contribution in [0.15, 0.2) is 78.9 Å². The van der Waals surface area contributed by atoms with Crippen LogP contribution in [0.2, 0.25) is 5.02 Å². The van der Waals surface area contributed by atoms with E-state index in [-0.39, 0.29) is 30.4 Å². The number of hydrogen-bond acceptors (Lipinski definition) is 3. The molecule has 0 heterocycles. The zero-order chi connectivity index (χ0) is 27.9. The molecule has 6 heteroatoms. The number of nitrogens with zero attached hydrogens (tertiary/aromatic N) is 1. The number of carbonyl (C=O) groups is 2. The van der Waals surface area contributed by atoms with E-state index < -0.39 is 11.6 Å². The van der Waals surface area contributed by atoms with Gasteiger partial charge in [-0.15, -0.1) is 0 Å². The highest BCUT2D eigenvalue weighted by Crippen LogP contribution is 2.31. The third-order valence-corrected chi connectivity index (χ3v) is 6.33. The maximum absolute atomic E-state index is 13.8. The molecule has 0 aliphatic rings. The fraction of sp³-hybridized carbons (Fsp3) is 0.375. The molecule has 1 atom stereocenters. The largest absolute Gasteiger partial charge is 0.483 e. The molecular formula is C32H39ClN2O3. The normalized spacial score (nSPS) is 12.5. The van der Waals surface area contributed by atoms with Gasteiger partial charge >= 0.3 is 0 Å². The second-order valence-corrected chi connectivity index (χ2v) is 12.1. The monoisotopic (exact) mass is 534 g/mol. The molecule has 0 fully saturated rings. The molecule has 0 radical (unpaired) electrons. The molecule has 1 unspecified atom stereocenters. The highest BCUT2D eigenvalue weighted by molar-refractivity contribution is 6.30. The summed E-state index contributed by atoms with van der Waals surface area (Å²) in [4.78, 5) is 29.1. The van der Waals surface area contributed by atoms with Gasteiger partial charge in [0.05, 0.1) is 0 Å². The van der Waals surface area contributed by atoms with Crippen molar-refractivity contribution in [2.75, 3.05) is 6.61 Å². The van der Waals surface area contributed by atoms with Crippen molar-refractivity contribution >= 4 is 23.4 Å². The van der Waals surface area contributed by atoms with Crippen LogP contribution < -0.4 is 10.1 Å². The van der Waals surface area contributed by atoms with E-state index >= 15 is 0 Å². The lowest BCUT2D eigenvalue weighted by atomic mass is 9.86. The highest BCUT2D eigenvalue weighted by atomic mass is 35.5. The van der Waals surface area contributed by atoms with Crippen LogP contribution in [0.1, 0.15) is 58.2 Å². The van der Waals surface area contributed by atoms with E-state index in [2.05, 4.69) is 26.1 Å². The van der Waals surface area contributed by atoms with Gasteiger partial charge in [0.25, 0.3) is 5.91 Å². The molecule has 202 valence electrons. The van der Waals surface area contributed by atoms with Crippen LogP contribution in [0, 0.1) is 0 Å². The van der Waals surface area contributed by atoms with Gasteiger partial charge in [-0.25, -0.2) is 0 Å². The van der Waals surface area contributed by atoms with Gasteiger partial charge in [-0.05, 0) is 61.1 Å². The minimum absolute atomic E-state index is 0.148. The first kappa shape index (κ1) is 29.2. The maximum atomic E-state index is 13.8. The Morgan fingerprint density at radius 3 is 2.05 bits per heavy atom. The standard InChI is InChI=1S/C32H39ClN2O3/c1-31(2,3)26-14-10-11-15-28(26)38-22-29(36)35(21-24-16-18-25(33)19-17-24)27(30(37)34-32(4,5)6)20-23-12-8-7-9-13-23/h7-19,27H,20-22H2,1-6H3,(H,34,37). The zero-order valence-corrected chi connectivity index (χ0v) is 24.0. The van der Waals surface area contributed by atoms with Crippen molar-refractivity contribution in [3.63, 3.8) is 0 Å². The number of nitrogens with one attached hydrogen (secondary N) is 1. The molecule has 0 saturated heterocycles. The molecule has 2 amide bonds. The summed E-state index contributed by atoms with van der Waals surface area (Å²) >= 11 is 6.11. The van der Waals surface area contributed by atoms with E-state index in [1.54, 1.807) is 17.0 Å². The summed E-state index contributed by atoms with van der Waals surface area (Å²) in [6, 6.07) is 24.1. The Balaban J connectivity index is 1.95. The molecule has 3 aromatic rings. The smallest absolute Gasteiger partial charge is 0.261 e. The van der Waals surface area contributed by atoms with Crippen molar-refractivity contribution in [2.45, 2.75) is 71.5 Å². The summed E-state index contributed by atoms with van der Waals surface area (Å²) < 4.78 is 6.10. The van der Waals surface area contributed by atoms with E-state index in [9.17, 15) is 9.59 Å². The number of amides is 2. The number of para-hydroxylation sites is 1. The van der Waals surface area contributed by atoms with Crippen LogP contribution >= 0.6 is 11.6 Å². The highest BCUT2D eigenvalue weighted by Gasteiger charge is 2.32. The van der Waals surface area contributed by atoms with Gasteiger partial charge in [-0.2, -0.15) is 0 Å². The van der Waals surface area contributed by atoms with Crippen molar-refractivity contribution in [3.8, 4) is 5.75 Å². The Morgan fingerprint density at radius 2 is 1.45 bits per heavy atom. The van der Waals surface area contributed by atoms with Crippen molar-refractivity contribution in [1.29, 1.82) is 0 Å². The van der Waals surface area contributed by atoms with E-state index in [0.29, 0.717) is 17.2 Å². The fourth-order valence-corrected chi connectivity index (χ4v) is 4.35. The molecule has 0 aliphatic carbocycles. The lowest BCUT2D eigenvalue weighted by molar-refractivity contribution is -0.143. The molecule has 1 N–H and O–H groups in total. The number of hydrogen-bond donors (Lipinski definition) is 1. The lowest BCUT2D eigenvalue weighted by Crippen LogP contribution is -2.55. The van der Waals surface area contributed by atoms with E-state index in [1.165, 1.54) is 0 Å². The van der Waals surface area contributed by atoms with Gasteiger partial charge in [0.15, 0.2) is 6.61 Å². The summed E-state index contributed by atoms with van der Waals surface area (Å²) in [7, 11) is 0. The van der Waals surface area contributed by atoms with Gasteiger partial charge in [-0.1, -0.05) is 93.0 Å². The molecule has 0 bridgehead atoms. The summed E-state index contributed by atoms with van der Waals surface area (Å²) in [5.41, 5.74) is 2.26. The van der Waals surface area contributed by atoms with Gasteiger partial charge in [-0.3, -0.25) is 9.59 Å². The lowest BCUT2D eigenvalue weighted by Gasteiger charge is -2.34. The van der Waals surface area contributed by atoms with Crippen molar-refractivity contribution in [1.82, 2.24) is 10.2 Å². The third-order valence-electron chi connectivity index (χ3n) is 6.08. The average Bonchev–Trinajstić information content (AvgIpc) is 2.85. The fourth-order valence-electron chi connectivity index (χ4n) is 4.23. The number of ether oxygens (including phenoxy) is 1. The molecule has 0 saturated carbocycles. The minimum Gasteiger partial charge on any atom is -0.483 e. The van der Waals surface area contributed by atoms with Crippen LogP contribution in [0.5, 0.6) is 5.75 Å². The number of rotatable bonds is 9. The first-order valence-corrected chi connectivity index (χ1v) is 13.3. The third kappa shape index (κ3) is 8.63. The molecule has 38 heavy (non-hydrogen) atoms. The Labute approximate surface area is 232 Å².